The smallest absolute Gasteiger partial charge is 0.152 e. The summed E-state index contributed by atoms with van der Waals surface area (Å²) in [6.45, 7) is 3.60. The quantitative estimate of drug-likeness (QED) is 0.511. The molecule has 0 N–H and O–H groups in total. The Kier molecular flexibility index (Phi) is 2.71. The summed E-state index contributed by atoms with van der Waals surface area (Å²) in [7, 11) is 0. The molecule has 0 fully saturated rings. The van der Waals surface area contributed by atoms with E-state index in [1.807, 2.05) is 11.4 Å². The fraction of sp³-hybridized carbons (Fsp3) is 0.167. The highest BCUT2D eigenvalue weighted by molar-refractivity contribution is 7.10. The van der Waals surface area contributed by atoms with Gasteiger partial charge in [0.2, 0.25) is 0 Å². The topological polar surface area (TPSA) is 21.6 Å². The van der Waals surface area contributed by atoms with Gasteiger partial charge in [0, 0.05) is 6.72 Å². The summed E-state index contributed by atoms with van der Waals surface area (Å²) in [4.78, 5) is 5.68. The van der Waals surface area contributed by atoms with Crippen LogP contribution in [-0.4, -0.2) is 6.72 Å². The molecular formula is C6H6ClNOS. The molecule has 2 nitrogen and oxygen atoms in total. The van der Waals surface area contributed by atoms with Crippen molar-refractivity contribution in [3.8, 4) is 0 Å². The molecule has 0 bridgehead atoms. The van der Waals surface area contributed by atoms with Gasteiger partial charge in [0.25, 0.3) is 0 Å². The molecule has 0 spiro atoms. The second kappa shape index (κ2) is 3.58. The van der Waals surface area contributed by atoms with E-state index in [0.717, 1.165) is 9.90 Å². The predicted octanol–water partition coefficient (Wildman–Crippen LogP) is 2.53. The third-order valence-corrected chi connectivity index (χ3v) is 2.34. The van der Waals surface area contributed by atoms with Gasteiger partial charge in [-0.2, -0.15) is 0 Å². The van der Waals surface area contributed by atoms with Gasteiger partial charge >= 0.3 is 0 Å². The summed E-state index contributed by atoms with van der Waals surface area (Å²) < 4.78 is 0. The third-order valence-electron chi connectivity index (χ3n) is 0.978. The van der Waals surface area contributed by atoms with Crippen LogP contribution in [0.5, 0.6) is 0 Å². The zero-order valence-corrected chi connectivity index (χ0v) is 6.78. The van der Waals surface area contributed by atoms with Crippen LogP contribution in [0.4, 0.5) is 0 Å². The molecule has 1 rings (SSSR count). The Balaban J connectivity index is 2.56. The van der Waals surface area contributed by atoms with Gasteiger partial charge in [-0.15, -0.1) is 16.5 Å². The summed E-state index contributed by atoms with van der Waals surface area (Å²) in [5.74, 6) is 0. The van der Waals surface area contributed by atoms with Crippen molar-refractivity contribution >= 4 is 29.7 Å². The number of halogens is 1. The van der Waals surface area contributed by atoms with Crippen molar-refractivity contribution in [1.29, 1.82) is 0 Å². The average Bonchev–Trinajstić information content (AvgIpc) is 2.31. The summed E-state index contributed by atoms with van der Waals surface area (Å²) in [6, 6.07) is 1.83. The average molecular weight is 176 g/mol. The molecule has 1 heterocycles. The van der Waals surface area contributed by atoms with Gasteiger partial charge in [0.15, 0.2) is 6.61 Å². The van der Waals surface area contributed by atoms with Gasteiger partial charge in [0.05, 0.1) is 9.90 Å². The third kappa shape index (κ3) is 1.72. The number of thiophene rings is 1. The van der Waals surface area contributed by atoms with Gasteiger partial charge in [-0.1, -0.05) is 11.6 Å². The van der Waals surface area contributed by atoms with Crippen LogP contribution in [0.1, 0.15) is 4.88 Å². The van der Waals surface area contributed by atoms with E-state index in [1.54, 1.807) is 11.3 Å². The molecule has 0 saturated heterocycles. The molecule has 10 heavy (non-hydrogen) atoms. The highest BCUT2D eigenvalue weighted by Gasteiger charge is 1.99. The molecule has 4 heteroatoms. The number of oxime groups is 1. The first-order valence-corrected chi connectivity index (χ1v) is 3.90. The zero-order valence-electron chi connectivity index (χ0n) is 5.21. The maximum Gasteiger partial charge on any atom is 0.152 e. The van der Waals surface area contributed by atoms with Crippen molar-refractivity contribution in [2.24, 2.45) is 5.16 Å². The lowest BCUT2D eigenvalue weighted by molar-refractivity contribution is 0.135. The number of hydrogen-bond acceptors (Lipinski definition) is 3. The molecule has 0 aliphatic carbocycles. The summed E-state index contributed by atoms with van der Waals surface area (Å²) in [5.41, 5.74) is 0. The molecular weight excluding hydrogens is 170 g/mol. The monoisotopic (exact) mass is 175 g/mol. The van der Waals surface area contributed by atoms with E-state index in [2.05, 4.69) is 11.9 Å². The lowest BCUT2D eigenvalue weighted by atomic mass is 10.5. The molecule has 1 aromatic rings. The number of nitrogens with zero attached hydrogens (tertiary/aromatic N) is 1. The molecule has 0 aliphatic rings. The van der Waals surface area contributed by atoms with E-state index >= 15 is 0 Å². The molecule has 0 saturated carbocycles. The van der Waals surface area contributed by atoms with Crippen molar-refractivity contribution in [3.63, 3.8) is 0 Å². The summed E-state index contributed by atoms with van der Waals surface area (Å²) in [6.07, 6.45) is 0. The molecule has 0 radical (unpaired) electrons. The van der Waals surface area contributed by atoms with E-state index in [-0.39, 0.29) is 0 Å². The van der Waals surface area contributed by atoms with E-state index in [1.165, 1.54) is 0 Å². The fourth-order valence-corrected chi connectivity index (χ4v) is 1.53. The zero-order chi connectivity index (χ0) is 7.40. The maximum atomic E-state index is 5.74. The van der Waals surface area contributed by atoms with Crippen molar-refractivity contribution in [3.05, 3.63) is 21.3 Å². The van der Waals surface area contributed by atoms with Crippen LogP contribution in [0.25, 0.3) is 0 Å². The minimum absolute atomic E-state index is 0.417. The highest BCUT2D eigenvalue weighted by atomic mass is 35.5. The van der Waals surface area contributed by atoms with Gasteiger partial charge < -0.3 is 4.84 Å². The molecule has 0 amide bonds. The molecule has 1 aromatic heterocycles. The van der Waals surface area contributed by atoms with Gasteiger partial charge in [0.1, 0.15) is 0 Å². The van der Waals surface area contributed by atoms with Crippen LogP contribution in [0, 0.1) is 0 Å². The van der Waals surface area contributed by atoms with Crippen molar-refractivity contribution in [2.45, 2.75) is 6.61 Å². The normalized spacial score (nSPS) is 9.30. The minimum atomic E-state index is 0.417. The van der Waals surface area contributed by atoms with E-state index in [4.69, 9.17) is 16.4 Å². The lowest BCUT2D eigenvalue weighted by Gasteiger charge is -1.93. The molecule has 0 aromatic carbocycles. The standard InChI is InChI=1S/C6H6ClNOS/c1-8-9-4-6-5(7)2-3-10-6/h2-3H,1,4H2. The van der Waals surface area contributed by atoms with Crippen molar-refractivity contribution in [1.82, 2.24) is 0 Å². The van der Waals surface area contributed by atoms with E-state index in [0.29, 0.717) is 6.61 Å². The Bertz CT molecular complexity index is 223. The van der Waals surface area contributed by atoms with Crippen LogP contribution in [0.2, 0.25) is 5.02 Å². The summed E-state index contributed by atoms with van der Waals surface area (Å²) in [5, 5.41) is 5.89. The SMILES string of the molecule is C=NOCc1sccc1Cl. The molecule has 0 aliphatic heterocycles. The fourth-order valence-electron chi connectivity index (χ4n) is 0.532. The largest absolute Gasteiger partial charge is 0.391 e. The Morgan fingerprint density at radius 1 is 1.80 bits per heavy atom. The first kappa shape index (κ1) is 7.57. The Labute approximate surface area is 68.1 Å². The second-order valence-corrected chi connectivity index (χ2v) is 3.00. The molecule has 0 unspecified atom stereocenters. The van der Waals surface area contributed by atoms with E-state index in [9.17, 15) is 0 Å². The van der Waals surface area contributed by atoms with Crippen LogP contribution in [-0.2, 0) is 11.4 Å². The Morgan fingerprint density at radius 2 is 2.60 bits per heavy atom. The van der Waals surface area contributed by atoms with Gasteiger partial charge in [-0.3, -0.25) is 0 Å². The number of rotatable bonds is 3. The minimum Gasteiger partial charge on any atom is -0.391 e. The van der Waals surface area contributed by atoms with Crippen LogP contribution < -0.4 is 0 Å². The first-order chi connectivity index (χ1) is 4.84. The van der Waals surface area contributed by atoms with Crippen LogP contribution in [0.3, 0.4) is 0 Å². The predicted molar refractivity (Wildman–Crippen MR) is 43.7 cm³/mol. The second-order valence-electron chi connectivity index (χ2n) is 1.59. The van der Waals surface area contributed by atoms with Gasteiger partial charge in [-0.25, -0.2) is 0 Å². The summed E-state index contributed by atoms with van der Waals surface area (Å²) >= 11 is 7.29. The lowest BCUT2D eigenvalue weighted by Crippen LogP contribution is -1.80. The maximum absolute atomic E-state index is 5.74. The van der Waals surface area contributed by atoms with Crippen molar-refractivity contribution < 1.29 is 4.84 Å². The molecule has 0 atom stereocenters. The first-order valence-electron chi connectivity index (χ1n) is 2.64. The highest BCUT2D eigenvalue weighted by Crippen LogP contribution is 2.22. The van der Waals surface area contributed by atoms with Crippen LogP contribution in [0.15, 0.2) is 16.6 Å². The van der Waals surface area contributed by atoms with Crippen molar-refractivity contribution in [2.75, 3.05) is 0 Å². The number of hydrogen-bond donors (Lipinski definition) is 0. The van der Waals surface area contributed by atoms with Gasteiger partial charge in [-0.05, 0) is 11.4 Å². The van der Waals surface area contributed by atoms with Crippen LogP contribution >= 0.6 is 22.9 Å². The Morgan fingerprint density at radius 3 is 3.10 bits per heavy atom. The Hall–Kier alpha value is -0.540. The molecule has 54 valence electrons. The van der Waals surface area contributed by atoms with E-state index < -0.39 is 0 Å².